The maximum atomic E-state index is 12.8. The molecule has 3 rings (SSSR count). The molecule has 1 N–H and O–H groups in total. The van der Waals surface area contributed by atoms with Gasteiger partial charge in [0.05, 0.1) is 16.3 Å². The van der Waals surface area contributed by atoms with Crippen LogP contribution in [0.15, 0.2) is 41.9 Å². The molecule has 3 aromatic rings. The average Bonchev–Trinajstić information content (AvgIpc) is 3.21. The van der Waals surface area contributed by atoms with Crippen molar-refractivity contribution < 1.29 is 18.0 Å². The summed E-state index contributed by atoms with van der Waals surface area (Å²) in [6.07, 6.45) is 0.461. The van der Waals surface area contributed by atoms with E-state index in [4.69, 9.17) is 0 Å². The molecular weight excluding hydrogens is 395 g/mol. The highest BCUT2D eigenvalue weighted by molar-refractivity contribution is 7.15. The third kappa shape index (κ3) is 5.48. The molecule has 4 nitrogen and oxygen atoms in total. The number of thiazole rings is 2. The number of hydrogen-bond donors (Lipinski definition) is 1. The van der Waals surface area contributed by atoms with Gasteiger partial charge in [0, 0.05) is 29.0 Å². The summed E-state index contributed by atoms with van der Waals surface area (Å²) in [7, 11) is 0. The molecular formula is C18H14F3N3OS2. The van der Waals surface area contributed by atoms with Crippen LogP contribution in [0.3, 0.4) is 0 Å². The lowest BCUT2D eigenvalue weighted by Crippen LogP contribution is -2.07. The van der Waals surface area contributed by atoms with Crippen LogP contribution in [0.1, 0.15) is 26.7 Å². The van der Waals surface area contributed by atoms with Crippen LogP contribution in [0.5, 0.6) is 0 Å². The summed E-state index contributed by atoms with van der Waals surface area (Å²) in [5.74, 6) is -0.347. The molecule has 0 fully saturated rings. The van der Waals surface area contributed by atoms with Gasteiger partial charge in [-0.25, -0.2) is 9.97 Å². The zero-order chi connectivity index (χ0) is 19.4. The monoisotopic (exact) mass is 409 g/mol. The largest absolute Gasteiger partial charge is 0.416 e. The minimum Gasteiger partial charge on any atom is -0.298 e. The number of benzene rings is 1. The Hall–Kier alpha value is -2.52. The number of carbonyl (C=O) groups excluding carboxylic acids is 1. The Morgan fingerprint density at radius 2 is 2.15 bits per heavy atom. The summed E-state index contributed by atoms with van der Waals surface area (Å²) in [6.45, 7) is 1.88. The first-order valence-corrected chi connectivity index (χ1v) is 9.51. The van der Waals surface area contributed by atoms with Crippen LogP contribution in [0.25, 0.3) is 6.08 Å². The van der Waals surface area contributed by atoms with E-state index in [9.17, 15) is 18.0 Å². The van der Waals surface area contributed by atoms with Crippen LogP contribution in [0.2, 0.25) is 0 Å². The Morgan fingerprint density at radius 3 is 2.85 bits per heavy atom. The van der Waals surface area contributed by atoms with Gasteiger partial charge in [0.2, 0.25) is 5.91 Å². The number of hydrogen-bond acceptors (Lipinski definition) is 5. The maximum Gasteiger partial charge on any atom is 0.416 e. The van der Waals surface area contributed by atoms with Gasteiger partial charge in [-0.3, -0.25) is 10.1 Å². The molecule has 9 heteroatoms. The third-order valence-electron chi connectivity index (χ3n) is 3.46. The number of carbonyl (C=O) groups is 1. The van der Waals surface area contributed by atoms with Crippen molar-refractivity contribution in [3.63, 3.8) is 0 Å². The Labute approximate surface area is 161 Å². The first-order chi connectivity index (χ1) is 12.8. The number of anilines is 1. The second kappa shape index (κ2) is 8.01. The lowest BCUT2D eigenvalue weighted by Gasteiger charge is -2.07. The van der Waals surface area contributed by atoms with Crippen molar-refractivity contribution in [3.8, 4) is 0 Å². The Kier molecular flexibility index (Phi) is 5.71. The van der Waals surface area contributed by atoms with Gasteiger partial charge in [-0.05, 0) is 24.6 Å². The smallest absolute Gasteiger partial charge is 0.298 e. The number of nitrogens with zero attached hydrogens (tertiary/aromatic N) is 2. The van der Waals surface area contributed by atoms with Gasteiger partial charge < -0.3 is 0 Å². The molecule has 27 heavy (non-hydrogen) atoms. The zero-order valence-electron chi connectivity index (χ0n) is 14.1. The summed E-state index contributed by atoms with van der Waals surface area (Å²) >= 11 is 2.72. The number of nitrogens with one attached hydrogen (secondary N) is 1. The minimum absolute atomic E-state index is 0.311. The highest BCUT2D eigenvalue weighted by atomic mass is 32.1. The van der Waals surface area contributed by atoms with E-state index in [-0.39, 0.29) is 5.91 Å². The highest BCUT2D eigenvalue weighted by Gasteiger charge is 2.30. The second-order valence-corrected chi connectivity index (χ2v) is 7.80. The first-order valence-electron chi connectivity index (χ1n) is 7.81. The van der Waals surface area contributed by atoms with Crippen molar-refractivity contribution >= 4 is 39.8 Å². The lowest BCUT2D eigenvalue weighted by atomic mass is 10.1. The van der Waals surface area contributed by atoms with Crippen LogP contribution >= 0.6 is 22.7 Å². The van der Waals surface area contributed by atoms with Gasteiger partial charge in [0.1, 0.15) is 0 Å². The van der Waals surface area contributed by atoms with Crippen molar-refractivity contribution in [2.24, 2.45) is 0 Å². The molecule has 1 aromatic carbocycles. The first kappa shape index (κ1) is 19.2. The molecule has 0 unspecified atom stereocenters. The number of alkyl halides is 3. The predicted octanol–water partition coefficient (Wildman–Crippen LogP) is 5.17. The molecule has 140 valence electrons. The molecule has 0 bridgehead atoms. The van der Waals surface area contributed by atoms with Crippen LogP contribution in [0.4, 0.5) is 18.3 Å². The van der Waals surface area contributed by atoms with Gasteiger partial charge in [0.15, 0.2) is 5.13 Å². The fraction of sp³-hybridized carbons (Fsp3) is 0.167. The summed E-state index contributed by atoms with van der Waals surface area (Å²) < 4.78 is 38.3. The van der Waals surface area contributed by atoms with Gasteiger partial charge in [0.25, 0.3) is 0 Å². The number of halogens is 3. The van der Waals surface area contributed by atoms with Crippen LogP contribution in [-0.2, 0) is 17.4 Å². The van der Waals surface area contributed by atoms with Crippen molar-refractivity contribution in [1.82, 2.24) is 9.97 Å². The Balaban J connectivity index is 1.61. The third-order valence-corrected chi connectivity index (χ3v) is 5.16. The van der Waals surface area contributed by atoms with Crippen molar-refractivity contribution in [3.05, 3.63) is 68.6 Å². The Bertz CT molecular complexity index is 976. The van der Waals surface area contributed by atoms with E-state index >= 15 is 0 Å². The number of aryl methyl sites for hydroxylation is 1. The molecule has 0 aliphatic rings. The molecule has 0 atom stereocenters. The van der Waals surface area contributed by atoms with Crippen LogP contribution in [-0.4, -0.2) is 15.9 Å². The van der Waals surface area contributed by atoms with Gasteiger partial charge in [-0.1, -0.05) is 18.2 Å². The SMILES string of the molecule is Cc1nc(/C=C/C(=O)Nc2ncc(Cc3cccc(C(F)(F)F)c3)s2)cs1. The van der Waals surface area contributed by atoms with Crippen LogP contribution in [0, 0.1) is 6.92 Å². The second-order valence-electron chi connectivity index (χ2n) is 5.62. The minimum atomic E-state index is -4.37. The fourth-order valence-electron chi connectivity index (χ4n) is 2.27. The number of amides is 1. The molecule has 0 saturated carbocycles. The fourth-order valence-corrected chi connectivity index (χ4v) is 3.70. The summed E-state index contributed by atoms with van der Waals surface area (Å²) in [5, 5.41) is 5.78. The summed E-state index contributed by atoms with van der Waals surface area (Å²) in [5.41, 5.74) is 0.558. The predicted molar refractivity (Wildman–Crippen MR) is 101 cm³/mol. The molecule has 0 radical (unpaired) electrons. The van der Waals surface area contributed by atoms with E-state index in [0.717, 1.165) is 22.0 Å². The molecule has 0 aliphatic carbocycles. The molecule has 2 heterocycles. The number of aromatic nitrogens is 2. The molecule has 2 aromatic heterocycles. The average molecular weight is 409 g/mol. The van der Waals surface area contributed by atoms with E-state index < -0.39 is 11.7 Å². The molecule has 1 amide bonds. The van der Waals surface area contributed by atoms with E-state index in [0.29, 0.717) is 22.8 Å². The standard InChI is InChI=1S/C18H14F3N3OS2/c1-11-23-14(10-26-11)5-6-16(25)24-17-22-9-15(27-17)8-12-3-2-4-13(7-12)18(19,20)21/h2-7,9-10H,8H2,1H3,(H,22,24,25)/b6-5+. The van der Waals surface area contributed by atoms with Crippen molar-refractivity contribution in [2.75, 3.05) is 5.32 Å². The van der Waals surface area contributed by atoms with E-state index in [2.05, 4.69) is 15.3 Å². The van der Waals surface area contributed by atoms with Crippen molar-refractivity contribution in [2.45, 2.75) is 19.5 Å². The normalized spacial score (nSPS) is 11.9. The highest BCUT2D eigenvalue weighted by Crippen LogP contribution is 2.30. The molecule has 0 saturated heterocycles. The van der Waals surface area contributed by atoms with Crippen LogP contribution < -0.4 is 5.32 Å². The summed E-state index contributed by atoms with van der Waals surface area (Å²) in [4.78, 5) is 21.0. The molecule has 0 aliphatic heterocycles. The van der Waals surface area contributed by atoms with E-state index in [1.54, 1.807) is 18.3 Å². The Morgan fingerprint density at radius 1 is 1.33 bits per heavy atom. The van der Waals surface area contributed by atoms with Gasteiger partial charge in [-0.2, -0.15) is 13.2 Å². The summed E-state index contributed by atoms with van der Waals surface area (Å²) in [6, 6.07) is 5.17. The zero-order valence-corrected chi connectivity index (χ0v) is 15.7. The maximum absolute atomic E-state index is 12.8. The quantitative estimate of drug-likeness (QED) is 0.592. The number of rotatable bonds is 5. The van der Waals surface area contributed by atoms with E-state index in [1.807, 2.05) is 12.3 Å². The van der Waals surface area contributed by atoms with Gasteiger partial charge >= 0.3 is 6.18 Å². The van der Waals surface area contributed by atoms with E-state index in [1.165, 1.54) is 34.8 Å². The lowest BCUT2D eigenvalue weighted by molar-refractivity contribution is -0.137. The topological polar surface area (TPSA) is 54.9 Å². The van der Waals surface area contributed by atoms with Gasteiger partial charge in [-0.15, -0.1) is 22.7 Å². The molecule has 0 spiro atoms. The van der Waals surface area contributed by atoms with Crippen molar-refractivity contribution in [1.29, 1.82) is 0 Å².